The maximum atomic E-state index is 11.6. The summed E-state index contributed by atoms with van der Waals surface area (Å²) in [6.45, 7) is 4.15. The molecule has 4 heteroatoms. The molecule has 0 atom stereocenters. The summed E-state index contributed by atoms with van der Waals surface area (Å²) in [7, 11) is 1.60. The van der Waals surface area contributed by atoms with Crippen molar-refractivity contribution in [3.63, 3.8) is 0 Å². The third-order valence-corrected chi connectivity index (χ3v) is 2.96. The summed E-state index contributed by atoms with van der Waals surface area (Å²) in [5.41, 5.74) is 3.19. The van der Waals surface area contributed by atoms with Gasteiger partial charge in [0.25, 0.3) is 0 Å². The molecule has 1 N–H and O–H groups in total. The van der Waals surface area contributed by atoms with Gasteiger partial charge in [0.05, 0.1) is 5.69 Å². The molecule has 0 aliphatic carbocycles. The van der Waals surface area contributed by atoms with E-state index in [1.807, 2.05) is 18.2 Å². The number of thiol groups is 1. The fourth-order valence-corrected chi connectivity index (χ4v) is 2.05. The second-order valence-corrected chi connectivity index (χ2v) is 3.90. The maximum absolute atomic E-state index is 11.6. The van der Waals surface area contributed by atoms with Crippen molar-refractivity contribution in [3.05, 3.63) is 29.3 Å². The summed E-state index contributed by atoms with van der Waals surface area (Å²) in [5, 5.41) is 2.58. The normalized spacial score (nSPS) is 10.0. The highest BCUT2D eigenvalue weighted by atomic mass is 32.1. The average molecular weight is 238 g/mol. The van der Waals surface area contributed by atoms with Crippen LogP contribution in [0.25, 0.3) is 0 Å². The number of hydrogen-bond acceptors (Lipinski definition) is 2. The molecule has 0 unspecified atom stereocenters. The minimum atomic E-state index is -0.209. The summed E-state index contributed by atoms with van der Waals surface area (Å²) >= 11 is 4.26. The molecule has 0 fully saturated rings. The number of aryl methyl sites for hydroxylation is 2. The van der Waals surface area contributed by atoms with Crippen LogP contribution in [0.15, 0.2) is 18.2 Å². The third kappa shape index (κ3) is 2.50. The van der Waals surface area contributed by atoms with Gasteiger partial charge in [-0.15, -0.1) is 0 Å². The van der Waals surface area contributed by atoms with E-state index in [4.69, 9.17) is 0 Å². The fraction of sp³-hybridized carbons (Fsp3) is 0.417. The van der Waals surface area contributed by atoms with Crippen molar-refractivity contribution < 1.29 is 4.79 Å². The van der Waals surface area contributed by atoms with Crippen LogP contribution in [-0.2, 0) is 12.8 Å². The van der Waals surface area contributed by atoms with E-state index in [1.165, 1.54) is 4.31 Å². The molecule has 0 saturated heterocycles. The first-order chi connectivity index (χ1) is 7.65. The summed E-state index contributed by atoms with van der Waals surface area (Å²) in [5.74, 6) is 0. The summed E-state index contributed by atoms with van der Waals surface area (Å²) in [6.07, 6.45) is 1.77. The Balaban J connectivity index is 3.22. The third-order valence-electron chi connectivity index (χ3n) is 2.58. The summed E-state index contributed by atoms with van der Waals surface area (Å²) in [6, 6.07) is 5.87. The first-order valence-electron chi connectivity index (χ1n) is 5.47. The van der Waals surface area contributed by atoms with Gasteiger partial charge < -0.3 is 5.32 Å². The lowest BCUT2D eigenvalue weighted by Gasteiger charge is -2.21. The standard InChI is InChI=1S/C12H18N2OS/c1-4-9-7-6-8-10(5-2)11(9)14(16)12(15)13-3/h6-8,16H,4-5H2,1-3H3,(H,13,15). The molecule has 0 aliphatic rings. The zero-order chi connectivity index (χ0) is 12.1. The molecular formula is C12H18N2OS. The van der Waals surface area contributed by atoms with Gasteiger partial charge in [-0.1, -0.05) is 44.9 Å². The quantitative estimate of drug-likeness (QED) is 0.780. The van der Waals surface area contributed by atoms with Gasteiger partial charge in [-0.3, -0.25) is 0 Å². The molecule has 0 aliphatic heterocycles. The van der Waals surface area contributed by atoms with Crippen molar-refractivity contribution in [1.29, 1.82) is 0 Å². The molecule has 88 valence electrons. The van der Waals surface area contributed by atoms with E-state index in [0.717, 1.165) is 29.7 Å². The van der Waals surface area contributed by atoms with Gasteiger partial charge >= 0.3 is 6.03 Å². The van der Waals surface area contributed by atoms with Crippen LogP contribution >= 0.6 is 12.8 Å². The van der Waals surface area contributed by atoms with Gasteiger partial charge in [-0.2, -0.15) is 0 Å². The number of para-hydroxylation sites is 1. The molecular weight excluding hydrogens is 220 g/mol. The minimum Gasteiger partial charge on any atom is -0.340 e. The Bertz CT molecular complexity index is 357. The van der Waals surface area contributed by atoms with Crippen LogP contribution in [0.1, 0.15) is 25.0 Å². The molecule has 2 amide bonds. The number of carbonyl (C=O) groups excluding carboxylic acids is 1. The van der Waals surface area contributed by atoms with Crippen LogP contribution in [0.5, 0.6) is 0 Å². The summed E-state index contributed by atoms with van der Waals surface area (Å²) in [4.78, 5) is 11.6. The van der Waals surface area contributed by atoms with Gasteiger partial charge in [0.15, 0.2) is 0 Å². The Hall–Kier alpha value is -1.16. The fourth-order valence-electron chi connectivity index (χ4n) is 1.69. The van der Waals surface area contributed by atoms with E-state index in [1.54, 1.807) is 7.05 Å². The number of nitrogens with one attached hydrogen (secondary N) is 1. The number of hydrogen-bond donors (Lipinski definition) is 2. The maximum Gasteiger partial charge on any atom is 0.331 e. The van der Waals surface area contributed by atoms with Gasteiger partial charge in [0.2, 0.25) is 0 Å². The first-order valence-corrected chi connectivity index (χ1v) is 5.87. The van der Waals surface area contributed by atoms with E-state index >= 15 is 0 Å². The molecule has 0 aromatic heterocycles. The van der Waals surface area contributed by atoms with Crippen LogP contribution in [-0.4, -0.2) is 13.1 Å². The lowest BCUT2D eigenvalue weighted by atomic mass is 10.0. The Morgan fingerprint density at radius 3 is 2.19 bits per heavy atom. The predicted octanol–water partition coefficient (Wildman–Crippen LogP) is 2.80. The highest BCUT2D eigenvalue weighted by Gasteiger charge is 2.16. The minimum absolute atomic E-state index is 0.209. The number of benzene rings is 1. The van der Waals surface area contributed by atoms with Gasteiger partial charge in [0.1, 0.15) is 0 Å². The second-order valence-electron chi connectivity index (χ2n) is 3.50. The van der Waals surface area contributed by atoms with Crippen molar-refractivity contribution in [1.82, 2.24) is 5.32 Å². The van der Waals surface area contributed by atoms with Crippen molar-refractivity contribution in [3.8, 4) is 0 Å². The number of urea groups is 1. The van der Waals surface area contributed by atoms with Gasteiger partial charge in [-0.05, 0) is 24.0 Å². The molecule has 0 bridgehead atoms. The predicted molar refractivity (Wildman–Crippen MR) is 71.1 cm³/mol. The second kappa shape index (κ2) is 5.80. The number of anilines is 1. The molecule has 16 heavy (non-hydrogen) atoms. The number of amides is 2. The van der Waals surface area contributed by atoms with Crippen LogP contribution in [0.2, 0.25) is 0 Å². The average Bonchev–Trinajstić information content (AvgIpc) is 2.35. The first kappa shape index (κ1) is 12.9. The van der Waals surface area contributed by atoms with Crippen molar-refractivity contribution >= 4 is 24.5 Å². The lowest BCUT2D eigenvalue weighted by molar-refractivity contribution is 0.251. The van der Waals surface area contributed by atoms with Crippen LogP contribution in [0, 0.1) is 0 Å². The number of rotatable bonds is 3. The molecule has 0 radical (unpaired) electrons. The Kier molecular flexibility index (Phi) is 4.68. The van der Waals surface area contributed by atoms with Crippen LogP contribution in [0.4, 0.5) is 10.5 Å². The largest absolute Gasteiger partial charge is 0.340 e. The van der Waals surface area contributed by atoms with Crippen LogP contribution < -0.4 is 9.62 Å². The zero-order valence-electron chi connectivity index (χ0n) is 9.95. The number of nitrogens with zero attached hydrogens (tertiary/aromatic N) is 1. The van der Waals surface area contributed by atoms with E-state index in [2.05, 4.69) is 32.0 Å². The Morgan fingerprint density at radius 1 is 1.31 bits per heavy atom. The van der Waals surface area contributed by atoms with Gasteiger partial charge in [-0.25, -0.2) is 9.10 Å². The highest BCUT2D eigenvalue weighted by molar-refractivity contribution is 7.82. The van der Waals surface area contributed by atoms with Crippen LogP contribution in [0.3, 0.4) is 0 Å². The monoisotopic (exact) mass is 238 g/mol. The lowest BCUT2D eigenvalue weighted by Crippen LogP contribution is -2.32. The molecule has 1 aromatic carbocycles. The highest BCUT2D eigenvalue weighted by Crippen LogP contribution is 2.28. The zero-order valence-corrected chi connectivity index (χ0v) is 10.8. The molecule has 3 nitrogen and oxygen atoms in total. The van der Waals surface area contributed by atoms with E-state index in [9.17, 15) is 4.79 Å². The Labute approximate surface area is 102 Å². The van der Waals surface area contributed by atoms with Crippen molar-refractivity contribution in [2.45, 2.75) is 26.7 Å². The van der Waals surface area contributed by atoms with E-state index < -0.39 is 0 Å². The number of carbonyl (C=O) groups is 1. The van der Waals surface area contributed by atoms with Crippen molar-refractivity contribution in [2.24, 2.45) is 0 Å². The van der Waals surface area contributed by atoms with E-state index in [0.29, 0.717) is 0 Å². The van der Waals surface area contributed by atoms with E-state index in [-0.39, 0.29) is 6.03 Å². The Morgan fingerprint density at radius 2 is 1.81 bits per heavy atom. The molecule has 0 heterocycles. The van der Waals surface area contributed by atoms with Gasteiger partial charge in [0, 0.05) is 7.05 Å². The molecule has 0 saturated carbocycles. The molecule has 1 rings (SSSR count). The smallest absolute Gasteiger partial charge is 0.331 e. The molecule has 1 aromatic rings. The molecule has 0 spiro atoms. The van der Waals surface area contributed by atoms with Crippen molar-refractivity contribution in [2.75, 3.05) is 11.4 Å². The topological polar surface area (TPSA) is 32.3 Å². The summed E-state index contributed by atoms with van der Waals surface area (Å²) < 4.78 is 1.39. The SMILES string of the molecule is CCc1cccc(CC)c1N(S)C(=O)NC.